The van der Waals surface area contributed by atoms with Crippen LogP contribution in [0.1, 0.15) is 10.5 Å². The summed E-state index contributed by atoms with van der Waals surface area (Å²) < 4.78 is 5.12. The number of nitrogens with two attached hydrogens (primary N) is 1. The minimum atomic E-state index is -0.523. The molecule has 0 radical (unpaired) electrons. The highest BCUT2D eigenvalue weighted by atomic mass is 16.5. The van der Waals surface area contributed by atoms with Crippen LogP contribution in [0.25, 0.3) is 11.1 Å². The Morgan fingerprint density at radius 3 is 2.42 bits per heavy atom. The fourth-order valence-electron chi connectivity index (χ4n) is 2.54. The smallest absolute Gasteiger partial charge is 0.323 e. The molecule has 1 heterocycles. The van der Waals surface area contributed by atoms with Crippen LogP contribution in [0.3, 0.4) is 0 Å². The topological polar surface area (TPSA) is 109 Å². The molecule has 26 heavy (non-hydrogen) atoms. The highest BCUT2D eigenvalue weighted by molar-refractivity contribution is 6.00. The van der Waals surface area contributed by atoms with Crippen LogP contribution >= 0.6 is 0 Å². The number of hydrogen-bond donors (Lipinski definition) is 4. The Kier molecular flexibility index (Phi) is 4.89. The molecule has 7 heteroatoms. The summed E-state index contributed by atoms with van der Waals surface area (Å²) in [6, 6.07) is 15.6. The average Bonchev–Trinajstić information content (AvgIpc) is 3.12. The summed E-state index contributed by atoms with van der Waals surface area (Å²) >= 11 is 0. The van der Waals surface area contributed by atoms with Crippen LogP contribution < -0.4 is 21.1 Å². The van der Waals surface area contributed by atoms with Gasteiger partial charge in [0.15, 0.2) is 0 Å². The lowest BCUT2D eigenvalue weighted by Crippen LogP contribution is -2.19. The molecule has 0 unspecified atom stereocenters. The number of aromatic nitrogens is 1. The zero-order chi connectivity index (χ0) is 18.5. The van der Waals surface area contributed by atoms with Gasteiger partial charge in [0.1, 0.15) is 11.4 Å². The van der Waals surface area contributed by atoms with Gasteiger partial charge in [0.25, 0.3) is 5.91 Å². The molecule has 0 saturated heterocycles. The standard InChI is InChI=1S/C19H18N4O3/c1-26-15-4-2-3-14(11-15)23-19(25)22-13-7-5-12(6-8-13)16-9-10-21-17(16)18(20)24/h2-11,21H,1H3,(H2,20,24)(H2,22,23,25). The molecule has 3 aromatic rings. The van der Waals surface area contributed by atoms with Crippen molar-refractivity contribution in [2.45, 2.75) is 0 Å². The van der Waals surface area contributed by atoms with E-state index in [0.717, 1.165) is 5.56 Å². The monoisotopic (exact) mass is 350 g/mol. The average molecular weight is 350 g/mol. The first-order valence-corrected chi connectivity index (χ1v) is 7.86. The van der Waals surface area contributed by atoms with Gasteiger partial charge < -0.3 is 26.1 Å². The number of amides is 3. The molecule has 0 bridgehead atoms. The van der Waals surface area contributed by atoms with Crippen molar-refractivity contribution in [1.29, 1.82) is 0 Å². The maximum atomic E-state index is 12.1. The summed E-state index contributed by atoms with van der Waals surface area (Å²) in [5.74, 6) is 0.133. The highest BCUT2D eigenvalue weighted by Gasteiger charge is 2.11. The van der Waals surface area contributed by atoms with E-state index >= 15 is 0 Å². The number of ether oxygens (including phenoxy) is 1. The second kappa shape index (κ2) is 7.43. The number of primary amides is 1. The SMILES string of the molecule is COc1cccc(NC(=O)Nc2ccc(-c3cc[nH]c3C(N)=O)cc2)c1. The van der Waals surface area contributed by atoms with Gasteiger partial charge in [0, 0.05) is 29.2 Å². The third kappa shape index (κ3) is 3.84. The van der Waals surface area contributed by atoms with Crippen molar-refractivity contribution in [3.05, 3.63) is 66.5 Å². The van der Waals surface area contributed by atoms with E-state index < -0.39 is 5.91 Å². The van der Waals surface area contributed by atoms with Gasteiger partial charge in [0.05, 0.1) is 7.11 Å². The lowest BCUT2D eigenvalue weighted by molar-refractivity contribution is 0.0997. The van der Waals surface area contributed by atoms with Crippen molar-refractivity contribution >= 4 is 23.3 Å². The summed E-state index contributed by atoms with van der Waals surface area (Å²) in [6.45, 7) is 0. The Morgan fingerprint density at radius 2 is 1.73 bits per heavy atom. The molecule has 0 aliphatic rings. The molecule has 0 atom stereocenters. The molecule has 1 aromatic heterocycles. The molecule has 0 saturated carbocycles. The number of methoxy groups -OCH3 is 1. The molecular weight excluding hydrogens is 332 g/mol. The van der Waals surface area contributed by atoms with Crippen LogP contribution in [-0.4, -0.2) is 24.0 Å². The fraction of sp³-hybridized carbons (Fsp3) is 0.0526. The molecule has 0 spiro atoms. The molecular formula is C19H18N4O3. The van der Waals surface area contributed by atoms with E-state index in [9.17, 15) is 9.59 Å². The Hall–Kier alpha value is -3.74. The largest absolute Gasteiger partial charge is 0.497 e. The lowest BCUT2D eigenvalue weighted by atomic mass is 10.1. The van der Waals surface area contributed by atoms with Crippen molar-refractivity contribution in [3.8, 4) is 16.9 Å². The first kappa shape index (κ1) is 17.1. The van der Waals surface area contributed by atoms with E-state index in [-0.39, 0.29) is 6.03 Å². The number of urea groups is 1. The van der Waals surface area contributed by atoms with Gasteiger partial charge in [0.2, 0.25) is 0 Å². The summed E-state index contributed by atoms with van der Waals surface area (Å²) in [6.07, 6.45) is 1.66. The highest BCUT2D eigenvalue weighted by Crippen LogP contribution is 2.24. The van der Waals surface area contributed by atoms with E-state index in [1.165, 1.54) is 0 Å². The molecule has 3 rings (SSSR count). The van der Waals surface area contributed by atoms with Crippen molar-refractivity contribution in [3.63, 3.8) is 0 Å². The van der Waals surface area contributed by atoms with Gasteiger partial charge in [-0.1, -0.05) is 18.2 Å². The summed E-state index contributed by atoms with van der Waals surface area (Å²) in [5.41, 5.74) is 8.46. The molecule has 5 N–H and O–H groups in total. The first-order chi connectivity index (χ1) is 12.6. The number of H-pyrrole nitrogens is 1. The third-order valence-electron chi connectivity index (χ3n) is 3.77. The van der Waals surface area contributed by atoms with Gasteiger partial charge in [-0.25, -0.2) is 4.79 Å². The van der Waals surface area contributed by atoms with Crippen molar-refractivity contribution < 1.29 is 14.3 Å². The summed E-state index contributed by atoms with van der Waals surface area (Å²) in [7, 11) is 1.56. The Balaban J connectivity index is 1.68. The zero-order valence-electron chi connectivity index (χ0n) is 14.1. The van der Waals surface area contributed by atoms with Gasteiger partial charge in [-0.15, -0.1) is 0 Å². The maximum Gasteiger partial charge on any atom is 0.323 e. The number of hydrogen-bond acceptors (Lipinski definition) is 3. The summed E-state index contributed by atoms with van der Waals surface area (Å²) in [4.78, 5) is 26.3. The Morgan fingerprint density at radius 1 is 1.00 bits per heavy atom. The molecule has 0 fully saturated rings. The minimum absolute atomic E-state index is 0.349. The van der Waals surface area contributed by atoms with Gasteiger partial charge in [-0.2, -0.15) is 0 Å². The second-order valence-electron chi connectivity index (χ2n) is 5.52. The number of carbonyl (C=O) groups excluding carboxylic acids is 2. The van der Waals surface area contributed by atoms with Crippen LogP contribution in [0.4, 0.5) is 16.2 Å². The molecule has 7 nitrogen and oxygen atoms in total. The Bertz CT molecular complexity index is 932. The number of rotatable bonds is 5. The van der Waals surface area contributed by atoms with Gasteiger partial charge in [-0.05, 0) is 35.9 Å². The molecule has 0 aliphatic carbocycles. The first-order valence-electron chi connectivity index (χ1n) is 7.86. The van der Waals surface area contributed by atoms with Crippen molar-refractivity contribution in [2.24, 2.45) is 5.73 Å². The van der Waals surface area contributed by atoms with E-state index in [1.807, 2.05) is 0 Å². The van der Waals surface area contributed by atoms with Crippen molar-refractivity contribution in [1.82, 2.24) is 4.98 Å². The van der Waals surface area contributed by atoms with E-state index in [4.69, 9.17) is 10.5 Å². The summed E-state index contributed by atoms with van der Waals surface area (Å²) in [5, 5.41) is 5.48. The quantitative estimate of drug-likeness (QED) is 0.566. The predicted molar refractivity (Wildman–Crippen MR) is 100 cm³/mol. The predicted octanol–water partition coefficient (Wildman–Crippen LogP) is 3.43. The second-order valence-corrected chi connectivity index (χ2v) is 5.52. The fourth-order valence-corrected chi connectivity index (χ4v) is 2.54. The van der Waals surface area contributed by atoms with E-state index in [0.29, 0.717) is 28.4 Å². The number of benzene rings is 2. The lowest BCUT2D eigenvalue weighted by Gasteiger charge is -2.09. The van der Waals surface area contributed by atoms with Crippen LogP contribution in [0, 0.1) is 0 Å². The van der Waals surface area contributed by atoms with Crippen LogP contribution in [0.2, 0.25) is 0 Å². The molecule has 0 aliphatic heterocycles. The number of carbonyl (C=O) groups is 2. The number of anilines is 2. The van der Waals surface area contributed by atoms with E-state index in [1.54, 1.807) is 67.9 Å². The van der Waals surface area contributed by atoms with Gasteiger partial charge >= 0.3 is 6.03 Å². The Labute approximate surface area is 150 Å². The number of aromatic amines is 1. The molecule has 132 valence electrons. The zero-order valence-corrected chi connectivity index (χ0v) is 14.1. The minimum Gasteiger partial charge on any atom is -0.497 e. The maximum absolute atomic E-state index is 12.1. The number of nitrogens with one attached hydrogen (secondary N) is 3. The normalized spacial score (nSPS) is 10.2. The van der Waals surface area contributed by atoms with Crippen LogP contribution in [0.5, 0.6) is 5.75 Å². The van der Waals surface area contributed by atoms with Gasteiger partial charge in [-0.3, -0.25) is 4.79 Å². The molecule has 3 amide bonds. The van der Waals surface area contributed by atoms with Crippen LogP contribution in [0.15, 0.2) is 60.8 Å². The third-order valence-corrected chi connectivity index (χ3v) is 3.77. The van der Waals surface area contributed by atoms with Crippen LogP contribution in [-0.2, 0) is 0 Å². The van der Waals surface area contributed by atoms with E-state index in [2.05, 4.69) is 15.6 Å². The van der Waals surface area contributed by atoms with Crippen molar-refractivity contribution in [2.75, 3.05) is 17.7 Å². The molecule has 2 aromatic carbocycles.